The molecule has 2 aromatic carbocycles. The molecule has 0 heterocycles. The van der Waals surface area contributed by atoms with Crippen LogP contribution in [0, 0.1) is 11.3 Å². The Labute approximate surface area is 172 Å². The monoisotopic (exact) mass is 392 g/mol. The van der Waals surface area contributed by atoms with Crippen LogP contribution in [0.25, 0.3) is 0 Å². The molecule has 152 valence electrons. The molecule has 0 N–H and O–H groups in total. The Morgan fingerprint density at radius 3 is 2.59 bits per heavy atom. The summed E-state index contributed by atoms with van der Waals surface area (Å²) >= 11 is 0. The molecular formula is C25H28O4. The van der Waals surface area contributed by atoms with E-state index in [0.717, 1.165) is 41.7 Å². The number of fused-ring (bicyclic) bond motifs is 3. The second-order valence-electron chi connectivity index (χ2n) is 8.84. The van der Waals surface area contributed by atoms with E-state index in [0.29, 0.717) is 13.0 Å². The largest absolute Gasteiger partial charge is 0.489 e. The summed E-state index contributed by atoms with van der Waals surface area (Å²) in [5.41, 5.74) is 1.98. The predicted octanol–water partition coefficient (Wildman–Crippen LogP) is 5.09. The van der Waals surface area contributed by atoms with Gasteiger partial charge in [0.2, 0.25) is 0 Å². The third-order valence-electron chi connectivity index (χ3n) is 7.13. The molecule has 0 amide bonds. The van der Waals surface area contributed by atoms with Crippen LogP contribution < -0.4 is 4.74 Å². The van der Waals surface area contributed by atoms with Crippen molar-refractivity contribution in [3.63, 3.8) is 0 Å². The van der Waals surface area contributed by atoms with Crippen LogP contribution in [0.1, 0.15) is 61.0 Å². The van der Waals surface area contributed by atoms with E-state index in [4.69, 9.17) is 9.47 Å². The van der Waals surface area contributed by atoms with Crippen molar-refractivity contribution in [3.8, 4) is 5.75 Å². The van der Waals surface area contributed by atoms with Crippen molar-refractivity contribution < 1.29 is 19.1 Å². The lowest BCUT2D eigenvalue weighted by molar-refractivity contribution is -0.160. The van der Waals surface area contributed by atoms with Gasteiger partial charge in [-0.1, -0.05) is 43.7 Å². The minimum atomic E-state index is -0.643. The van der Waals surface area contributed by atoms with Gasteiger partial charge in [0.15, 0.2) is 5.78 Å². The molecule has 0 bridgehead atoms. The number of hydrogen-bond donors (Lipinski definition) is 0. The van der Waals surface area contributed by atoms with Crippen LogP contribution in [-0.2, 0) is 21.6 Å². The van der Waals surface area contributed by atoms with Gasteiger partial charge in [-0.2, -0.15) is 0 Å². The van der Waals surface area contributed by atoms with Crippen LogP contribution >= 0.6 is 0 Å². The zero-order valence-electron chi connectivity index (χ0n) is 17.4. The highest BCUT2D eigenvalue weighted by Crippen LogP contribution is 2.57. The van der Waals surface area contributed by atoms with E-state index >= 15 is 0 Å². The molecule has 1 fully saturated rings. The van der Waals surface area contributed by atoms with Crippen LogP contribution in [0.4, 0.5) is 0 Å². The maximum Gasteiger partial charge on any atom is 0.311 e. The maximum absolute atomic E-state index is 13.0. The summed E-state index contributed by atoms with van der Waals surface area (Å²) < 4.78 is 11.2. The summed E-state index contributed by atoms with van der Waals surface area (Å²) in [4.78, 5) is 25.7. The molecule has 0 radical (unpaired) electrons. The molecule has 2 aliphatic carbocycles. The number of carbonyl (C=O) groups is 2. The minimum Gasteiger partial charge on any atom is -0.489 e. The molecule has 0 unspecified atom stereocenters. The summed E-state index contributed by atoms with van der Waals surface area (Å²) in [6.45, 7) is 4.65. The standard InChI is InChI=1S/C25H28O4/c1-24-12-7-13-25(2,23(27)28-3)22(24)15-21(26)19-11-10-18(14-20(19)24)29-16-17-8-5-4-6-9-17/h4-6,8-11,14,22H,7,12-13,15-16H2,1-3H3/t22-,24-,25+/m1/s1. The Balaban J connectivity index is 1.69. The third-order valence-corrected chi connectivity index (χ3v) is 7.13. The number of rotatable bonds is 4. The Hall–Kier alpha value is -2.62. The first-order chi connectivity index (χ1) is 13.9. The van der Waals surface area contributed by atoms with Crippen LogP contribution in [0.2, 0.25) is 0 Å². The van der Waals surface area contributed by atoms with Gasteiger partial charge in [0, 0.05) is 12.0 Å². The quantitative estimate of drug-likeness (QED) is 0.680. The lowest BCUT2D eigenvalue weighted by Gasteiger charge is -2.53. The van der Waals surface area contributed by atoms with Crippen molar-refractivity contribution in [2.24, 2.45) is 11.3 Å². The molecule has 1 saturated carbocycles. The second kappa shape index (κ2) is 7.33. The van der Waals surface area contributed by atoms with Crippen molar-refractivity contribution in [1.29, 1.82) is 0 Å². The molecule has 4 nitrogen and oxygen atoms in total. The van der Waals surface area contributed by atoms with Crippen molar-refractivity contribution >= 4 is 11.8 Å². The molecule has 2 aliphatic rings. The van der Waals surface area contributed by atoms with Crippen LogP contribution in [0.15, 0.2) is 48.5 Å². The number of benzene rings is 2. The molecule has 3 atom stereocenters. The first kappa shape index (κ1) is 19.7. The fourth-order valence-electron chi connectivity index (χ4n) is 5.49. The first-order valence-corrected chi connectivity index (χ1v) is 10.3. The van der Waals surface area contributed by atoms with Gasteiger partial charge >= 0.3 is 5.97 Å². The lowest BCUT2D eigenvalue weighted by Crippen LogP contribution is -2.53. The SMILES string of the molecule is COC(=O)[C@@]1(C)CCC[C@]2(C)c3cc(OCc4ccccc4)ccc3C(=O)C[C@@H]12. The maximum atomic E-state index is 13.0. The molecule has 4 rings (SSSR count). The van der Waals surface area contributed by atoms with Gasteiger partial charge in [0.05, 0.1) is 12.5 Å². The third kappa shape index (κ3) is 3.25. The van der Waals surface area contributed by atoms with Gasteiger partial charge in [0.1, 0.15) is 12.4 Å². The summed E-state index contributed by atoms with van der Waals surface area (Å²) in [5, 5.41) is 0. The van der Waals surface area contributed by atoms with Gasteiger partial charge < -0.3 is 9.47 Å². The molecular weight excluding hydrogens is 364 g/mol. The number of ketones is 1. The number of carbonyl (C=O) groups excluding carboxylic acids is 2. The van der Waals surface area contributed by atoms with Crippen molar-refractivity contribution in [2.75, 3.05) is 7.11 Å². The summed E-state index contributed by atoms with van der Waals surface area (Å²) in [6.07, 6.45) is 3.03. The van der Waals surface area contributed by atoms with E-state index < -0.39 is 5.41 Å². The smallest absolute Gasteiger partial charge is 0.311 e. The predicted molar refractivity (Wildman–Crippen MR) is 111 cm³/mol. The molecule has 0 aliphatic heterocycles. The van der Waals surface area contributed by atoms with Gasteiger partial charge in [-0.15, -0.1) is 0 Å². The number of Topliss-reactive ketones (excluding diaryl/α,β-unsaturated/α-hetero) is 1. The zero-order valence-corrected chi connectivity index (χ0v) is 17.4. The average Bonchev–Trinajstić information content (AvgIpc) is 2.74. The van der Waals surface area contributed by atoms with Crippen molar-refractivity contribution in [3.05, 3.63) is 65.2 Å². The minimum absolute atomic E-state index is 0.0689. The Morgan fingerprint density at radius 2 is 1.86 bits per heavy atom. The van der Waals surface area contributed by atoms with E-state index in [2.05, 4.69) is 6.92 Å². The molecule has 29 heavy (non-hydrogen) atoms. The van der Waals surface area contributed by atoms with Gasteiger partial charge in [0.25, 0.3) is 0 Å². The average molecular weight is 392 g/mol. The first-order valence-electron chi connectivity index (χ1n) is 10.3. The molecule has 0 saturated heterocycles. The Kier molecular flexibility index (Phi) is 4.97. The summed E-state index contributed by atoms with van der Waals surface area (Å²) in [6, 6.07) is 15.8. The highest BCUT2D eigenvalue weighted by Gasteiger charge is 2.57. The Morgan fingerprint density at radius 1 is 1.10 bits per heavy atom. The van der Waals surface area contributed by atoms with E-state index in [1.807, 2.05) is 55.5 Å². The van der Waals surface area contributed by atoms with E-state index in [1.54, 1.807) is 0 Å². The van der Waals surface area contributed by atoms with E-state index in [-0.39, 0.29) is 23.1 Å². The second-order valence-corrected chi connectivity index (χ2v) is 8.84. The van der Waals surface area contributed by atoms with Crippen LogP contribution in [-0.4, -0.2) is 18.9 Å². The highest BCUT2D eigenvalue weighted by molar-refractivity contribution is 6.00. The van der Waals surface area contributed by atoms with E-state index in [1.165, 1.54) is 7.11 Å². The topological polar surface area (TPSA) is 52.6 Å². The zero-order chi connectivity index (χ0) is 20.6. The normalized spacial score (nSPS) is 28.2. The lowest BCUT2D eigenvalue weighted by atomic mass is 9.49. The van der Waals surface area contributed by atoms with Crippen molar-refractivity contribution in [2.45, 2.75) is 51.6 Å². The number of methoxy groups -OCH3 is 1. The summed E-state index contributed by atoms with van der Waals surface area (Å²) in [7, 11) is 1.44. The highest BCUT2D eigenvalue weighted by atomic mass is 16.5. The van der Waals surface area contributed by atoms with Gasteiger partial charge in [-0.25, -0.2) is 0 Å². The molecule has 0 aromatic heterocycles. The van der Waals surface area contributed by atoms with Crippen LogP contribution in [0.3, 0.4) is 0 Å². The number of ether oxygens (including phenoxy) is 2. The Bertz CT molecular complexity index is 935. The van der Waals surface area contributed by atoms with Gasteiger partial charge in [-0.3, -0.25) is 9.59 Å². The number of hydrogen-bond acceptors (Lipinski definition) is 4. The van der Waals surface area contributed by atoms with Crippen molar-refractivity contribution in [1.82, 2.24) is 0 Å². The molecule has 2 aromatic rings. The fourth-order valence-corrected chi connectivity index (χ4v) is 5.49. The van der Waals surface area contributed by atoms with E-state index in [9.17, 15) is 9.59 Å². The number of esters is 1. The van der Waals surface area contributed by atoms with Crippen LogP contribution in [0.5, 0.6) is 5.75 Å². The summed E-state index contributed by atoms with van der Waals surface area (Å²) in [5.74, 6) is 0.587. The fraction of sp³-hybridized carbons (Fsp3) is 0.440. The van der Waals surface area contributed by atoms with Gasteiger partial charge in [-0.05, 0) is 60.4 Å². The molecule has 0 spiro atoms. The molecule has 4 heteroatoms.